The number of aryl methyl sites for hydroxylation is 1. The zero-order valence-electron chi connectivity index (χ0n) is 15.9. The fraction of sp³-hybridized carbons (Fsp3) is 0.222. The van der Waals surface area contributed by atoms with Gasteiger partial charge in [-0.1, -0.05) is 11.6 Å². The second kappa shape index (κ2) is 7.70. The Hall–Kier alpha value is -2.83. The Labute approximate surface area is 179 Å². The van der Waals surface area contributed by atoms with E-state index in [0.717, 1.165) is 21.0 Å². The smallest absolute Gasteiger partial charge is 0.301 e. The topological polar surface area (TPSA) is 96.3 Å². The largest absolute Gasteiger partial charge is 0.349 e. The lowest BCUT2D eigenvalue weighted by Gasteiger charge is -2.33. The van der Waals surface area contributed by atoms with Gasteiger partial charge in [0, 0.05) is 20.1 Å². The first-order chi connectivity index (χ1) is 14.6. The highest BCUT2D eigenvalue weighted by molar-refractivity contribution is 7.90. The maximum atomic E-state index is 15.0. The van der Waals surface area contributed by atoms with E-state index in [2.05, 4.69) is 15.0 Å². The van der Waals surface area contributed by atoms with Crippen LogP contribution in [0, 0.1) is 11.6 Å². The van der Waals surface area contributed by atoms with Crippen LogP contribution in [-0.4, -0.2) is 41.5 Å². The number of aromatic nitrogens is 2. The second-order valence-electron chi connectivity index (χ2n) is 6.91. The lowest BCUT2D eigenvalue weighted by Crippen LogP contribution is -2.53. The fourth-order valence-electron chi connectivity index (χ4n) is 3.02. The van der Waals surface area contributed by atoms with Crippen LogP contribution >= 0.6 is 11.6 Å². The van der Waals surface area contributed by atoms with Gasteiger partial charge in [-0.15, -0.1) is 0 Å². The molecule has 164 valence electrons. The van der Waals surface area contributed by atoms with Crippen LogP contribution in [0.5, 0.6) is 0 Å². The van der Waals surface area contributed by atoms with Crippen molar-refractivity contribution in [3.05, 3.63) is 57.6 Å². The molecule has 4 rings (SSSR count). The van der Waals surface area contributed by atoms with E-state index >= 15 is 0 Å². The van der Waals surface area contributed by atoms with Crippen molar-refractivity contribution < 1.29 is 21.6 Å². The molecule has 0 radical (unpaired) electrons. The molecule has 2 N–H and O–H groups in total. The Morgan fingerprint density at radius 2 is 1.84 bits per heavy atom. The van der Waals surface area contributed by atoms with Crippen LogP contribution in [0.15, 0.2) is 35.4 Å². The van der Waals surface area contributed by atoms with Gasteiger partial charge in [-0.3, -0.25) is 9.52 Å². The van der Waals surface area contributed by atoms with Gasteiger partial charge in [-0.2, -0.15) is 12.7 Å². The Morgan fingerprint density at radius 3 is 2.52 bits per heavy atom. The van der Waals surface area contributed by atoms with E-state index in [1.165, 1.54) is 25.5 Å². The van der Waals surface area contributed by atoms with E-state index in [1.807, 2.05) is 0 Å². The lowest BCUT2D eigenvalue weighted by atomic mass is 10.2. The van der Waals surface area contributed by atoms with Crippen molar-refractivity contribution in [2.45, 2.75) is 6.17 Å². The standard InChI is InChI=1S/C18H15ClF3N5O3S/c1-26-8-23-11-4-5-13(16(22)14(11)18(26)28)24-17-10(21)2-3-12(15(17)19)25-31(29,30)27-6-9(20)7-27/h2-5,8-9,24-25H,6-7H2,1H3. The third kappa shape index (κ3) is 3.82. The van der Waals surface area contributed by atoms with Crippen LogP contribution in [0.3, 0.4) is 0 Å². The van der Waals surface area contributed by atoms with Gasteiger partial charge >= 0.3 is 10.2 Å². The molecule has 0 unspecified atom stereocenters. The molecule has 1 aliphatic rings. The van der Waals surface area contributed by atoms with E-state index in [-0.39, 0.29) is 40.4 Å². The second-order valence-corrected chi connectivity index (χ2v) is 8.96. The van der Waals surface area contributed by atoms with Crippen molar-refractivity contribution in [2.75, 3.05) is 23.1 Å². The average Bonchev–Trinajstić information content (AvgIpc) is 2.69. The van der Waals surface area contributed by atoms with Crippen LogP contribution in [0.1, 0.15) is 0 Å². The van der Waals surface area contributed by atoms with Crippen molar-refractivity contribution in [3.63, 3.8) is 0 Å². The zero-order valence-corrected chi connectivity index (χ0v) is 17.4. The van der Waals surface area contributed by atoms with Crippen LogP contribution < -0.4 is 15.6 Å². The summed E-state index contributed by atoms with van der Waals surface area (Å²) in [6.07, 6.45) is -0.0115. The number of alkyl halides is 1. The van der Waals surface area contributed by atoms with Crippen LogP contribution in [0.4, 0.5) is 30.2 Å². The van der Waals surface area contributed by atoms with Gasteiger partial charge in [0.05, 0.1) is 33.9 Å². The van der Waals surface area contributed by atoms with E-state index in [1.54, 1.807) is 0 Å². The summed E-state index contributed by atoms with van der Waals surface area (Å²) in [5.41, 5.74) is -1.39. The van der Waals surface area contributed by atoms with E-state index in [9.17, 15) is 26.4 Å². The first-order valence-corrected chi connectivity index (χ1v) is 10.7. The summed E-state index contributed by atoms with van der Waals surface area (Å²) < 4.78 is 71.1. The Bertz CT molecular complexity index is 1360. The quantitative estimate of drug-likeness (QED) is 0.594. The van der Waals surface area contributed by atoms with Gasteiger partial charge in [0.1, 0.15) is 17.4 Å². The highest BCUT2D eigenvalue weighted by Gasteiger charge is 2.36. The number of nitrogens with zero attached hydrogens (tertiary/aromatic N) is 3. The summed E-state index contributed by atoms with van der Waals surface area (Å²) in [6.45, 7) is -0.602. The molecule has 2 aromatic carbocycles. The Balaban J connectivity index is 1.71. The van der Waals surface area contributed by atoms with Gasteiger partial charge in [0.15, 0.2) is 5.82 Å². The monoisotopic (exact) mass is 473 g/mol. The molecule has 1 aliphatic heterocycles. The molecule has 0 aliphatic carbocycles. The van der Waals surface area contributed by atoms with Crippen molar-refractivity contribution in [2.24, 2.45) is 7.05 Å². The third-order valence-corrected chi connectivity index (χ3v) is 6.61. The maximum absolute atomic E-state index is 15.0. The summed E-state index contributed by atoms with van der Waals surface area (Å²) in [4.78, 5) is 16.2. The van der Waals surface area contributed by atoms with Gasteiger partial charge in [-0.05, 0) is 24.3 Å². The minimum absolute atomic E-state index is 0.111. The molecule has 2 heterocycles. The minimum Gasteiger partial charge on any atom is -0.349 e. The predicted molar refractivity (Wildman–Crippen MR) is 111 cm³/mol. The molecule has 0 amide bonds. The summed E-state index contributed by atoms with van der Waals surface area (Å²) in [6, 6.07) is 4.64. The fourth-order valence-corrected chi connectivity index (χ4v) is 4.62. The summed E-state index contributed by atoms with van der Waals surface area (Å²) in [7, 11) is -2.69. The molecule has 0 atom stereocenters. The number of hydrogen-bond acceptors (Lipinski definition) is 5. The number of hydrogen-bond donors (Lipinski definition) is 2. The zero-order chi connectivity index (χ0) is 22.5. The first-order valence-electron chi connectivity index (χ1n) is 8.89. The Morgan fingerprint density at radius 1 is 1.16 bits per heavy atom. The SMILES string of the molecule is Cn1cnc2ccc(Nc3c(F)ccc(NS(=O)(=O)N4CC(F)C4)c3Cl)c(F)c2c1=O. The number of halogens is 4. The van der Waals surface area contributed by atoms with E-state index in [0.29, 0.717) is 0 Å². The average molecular weight is 474 g/mol. The maximum Gasteiger partial charge on any atom is 0.301 e. The molecule has 0 bridgehead atoms. The number of anilines is 3. The van der Waals surface area contributed by atoms with Crippen LogP contribution in [0.2, 0.25) is 5.02 Å². The molecule has 0 saturated carbocycles. The highest BCUT2D eigenvalue weighted by Crippen LogP contribution is 2.37. The van der Waals surface area contributed by atoms with Crippen molar-refractivity contribution in [1.29, 1.82) is 0 Å². The summed E-state index contributed by atoms with van der Waals surface area (Å²) in [5.74, 6) is -1.86. The van der Waals surface area contributed by atoms with Crippen molar-refractivity contribution in [1.82, 2.24) is 13.9 Å². The van der Waals surface area contributed by atoms with Gasteiger partial charge in [0.25, 0.3) is 5.56 Å². The normalized spacial score (nSPS) is 15.1. The molecule has 1 aromatic heterocycles. The van der Waals surface area contributed by atoms with Crippen LogP contribution in [0.25, 0.3) is 10.9 Å². The minimum atomic E-state index is -4.10. The molecule has 1 saturated heterocycles. The molecular formula is C18H15ClF3N5O3S. The first kappa shape index (κ1) is 21.4. The summed E-state index contributed by atoms with van der Waals surface area (Å²) in [5, 5.41) is 1.79. The highest BCUT2D eigenvalue weighted by atomic mass is 35.5. The van der Waals surface area contributed by atoms with E-state index < -0.39 is 39.3 Å². The number of benzene rings is 2. The van der Waals surface area contributed by atoms with Gasteiger partial charge < -0.3 is 9.88 Å². The molecule has 1 fully saturated rings. The number of fused-ring (bicyclic) bond motifs is 1. The Kier molecular flexibility index (Phi) is 5.31. The molecule has 13 heteroatoms. The lowest BCUT2D eigenvalue weighted by molar-refractivity contribution is 0.142. The van der Waals surface area contributed by atoms with Crippen molar-refractivity contribution >= 4 is 49.8 Å². The van der Waals surface area contributed by atoms with Gasteiger partial charge in [-0.25, -0.2) is 18.2 Å². The molecule has 0 spiro atoms. The molecule has 3 aromatic rings. The third-order valence-electron chi connectivity index (χ3n) is 4.76. The molecular weight excluding hydrogens is 459 g/mol. The molecule has 8 nitrogen and oxygen atoms in total. The van der Waals surface area contributed by atoms with Crippen molar-refractivity contribution in [3.8, 4) is 0 Å². The number of rotatable bonds is 5. The molecule has 31 heavy (non-hydrogen) atoms. The van der Waals surface area contributed by atoms with Gasteiger partial charge in [0.2, 0.25) is 0 Å². The predicted octanol–water partition coefficient (Wildman–Crippen LogP) is 2.92. The number of nitrogens with one attached hydrogen (secondary N) is 2. The summed E-state index contributed by atoms with van der Waals surface area (Å²) >= 11 is 6.17. The van der Waals surface area contributed by atoms with Crippen LogP contribution in [-0.2, 0) is 17.3 Å². The van der Waals surface area contributed by atoms with E-state index in [4.69, 9.17) is 11.6 Å².